The van der Waals surface area contributed by atoms with Crippen LogP contribution in [0.15, 0.2) is 6.07 Å². The van der Waals surface area contributed by atoms with Crippen molar-refractivity contribution in [1.82, 2.24) is 9.97 Å². The Kier molecular flexibility index (Phi) is 5.93. The van der Waals surface area contributed by atoms with Crippen LogP contribution in [0.3, 0.4) is 0 Å². The number of aromatic nitrogens is 2. The molecule has 2 heterocycles. The molecule has 0 amide bonds. The van der Waals surface area contributed by atoms with Crippen molar-refractivity contribution in [3.63, 3.8) is 0 Å². The summed E-state index contributed by atoms with van der Waals surface area (Å²) in [6, 6.07) is 2.15. The lowest BCUT2D eigenvalue weighted by Gasteiger charge is -2.09. The van der Waals surface area contributed by atoms with E-state index in [1.54, 1.807) is 17.6 Å². The third kappa shape index (κ3) is 4.38. The Labute approximate surface area is 132 Å². The van der Waals surface area contributed by atoms with Gasteiger partial charge in [0.2, 0.25) is 5.95 Å². The van der Waals surface area contributed by atoms with Crippen LogP contribution >= 0.6 is 11.3 Å². The lowest BCUT2D eigenvalue weighted by atomic mass is 10.3. The van der Waals surface area contributed by atoms with Crippen molar-refractivity contribution < 1.29 is 4.21 Å². The zero-order valence-corrected chi connectivity index (χ0v) is 14.4. The van der Waals surface area contributed by atoms with Gasteiger partial charge in [0.05, 0.1) is 5.39 Å². The quantitative estimate of drug-likeness (QED) is 0.781. The van der Waals surface area contributed by atoms with Gasteiger partial charge >= 0.3 is 0 Å². The van der Waals surface area contributed by atoms with Gasteiger partial charge in [-0.1, -0.05) is 13.8 Å². The minimum atomic E-state index is -0.798. The van der Waals surface area contributed by atoms with Gasteiger partial charge in [0.25, 0.3) is 0 Å². The van der Waals surface area contributed by atoms with E-state index in [4.69, 9.17) is 0 Å². The molecule has 0 saturated heterocycles. The Morgan fingerprint density at radius 3 is 2.71 bits per heavy atom. The molecule has 2 N–H and O–H groups in total. The number of hydrogen-bond acceptors (Lipinski definition) is 6. The second-order valence-electron chi connectivity index (χ2n) is 4.81. The van der Waals surface area contributed by atoms with Crippen LogP contribution in [0.25, 0.3) is 10.2 Å². The van der Waals surface area contributed by atoms with Gasteiger partial charge in [-0.3, -0.25) is 4.21 Å². The molecule has 0 spiro atoms. The molecule has 0 bridgehead atoms. The maximum Gasteiger partial charge on any atom is 0.226 e. The number of nitrogens with zero attached hydrogens (tertiary/aromatic N) is 2. The van der Waals surface area contributed by atoms with Crippen molar-refractivity contribution in [2.24, 2.45) is 0 Å². The molecule has 5 nitrogen and oxygen atoms in total. The van der Waals surface area contributed by atoms with Crippen molar-refractivity contribution in [3.8, 4) is 0 Å². The number of anilines is 2. The summed E-state index contributed by atoms with van der Waals surface area (Å²) in [5, 5.41) is 7.59. The summed E-state index contributed by atoms with van der Waals surface area (Å²) in [5.74, 6) is 2.11. The van der Waals surface area contributed by atoms with Gasteiger partial charge in [-0.2, -0.15) is 4.98 Å². The highest BCUT2D eigenvalue weighted by Gasteiger charge is 2.11. The van der Waals surface area contributed by atoms with Crippen LogP contribution in [0.5, 0.6) is 0 Å². The molecule has 0 fully saturated rings. The summed E-state index contributed by atoms with van der Waals surface area (Å²) >= 11 is 1.71. The largest absolute Gasteiger partial charge is 0.368 e. The Morgan fingerprint density at radius 2 is 2.05 bits per heavy atom. The van der Waals surface area contributed by atoms with Gasteiger partial charge in [-0.15, -0.1) is 11.3 Å². The molecule has 0 saturated carbocycles. The highest BCUT2D eigenvalue weighted by Crippen LogP contribution is 2.30. The molecule has 0 aliphatic rings. The van der Waals surface area contributed by atoms with E-state index in [0.717, 1.165) is 35.4 Å². The van der Waals surface area contributed by atoms with Crippen LogP contribution in [0.4, 0.5) is 11.8 Å². The molecule has 2 rings (SSSR count). The van der Waals surface area contributed by atoms with Gasteiger partial charge in [-0.05, 0) is 18.9 Å². The zero-order chi connectivity index (χ0) is 15.2. The molecule has 0 aromatic carbocycles. The number of thiophene rings is 1. The normalized spacial score (nSPS) is 12.5. The van der Waals surface area contributed by atoms with Crippen molar-refractivity contribution in [2.45, 2.75) is 26.7 Å². The van der Waals surface area contributed by atoms with E-state index in [-0.39, 0.29) is 0 Å². The third-order valence-electron chi connectivity index (χ3n) is 3.01. The number of hydrogen-bond donors (Lipinski definition) is 2. The van der Waals surface area contributed by atoms with Crippen molar-refractivity contribution in [1.29, 1.82) is 0 Å². The zero-order valence-electron chi connectivity index (χ0n) is 12.7. The average molecular weight is 326 g/mol. The molecule has 2 aromatic heterocycles. The lowest BCUT2D eigenvalue weighted by molar-refractivity contribution is 0.687. The van der Waals surface area contributed by atoms with E-state index in [1.807, 2.05) is 0 Å². The molecule has 2 aromatic rings. The summed E-state index contributed by atoms with van der Waals surface area (Å²) in [7, 11) is -0.798. The highest BCUT2D eigenvalue weighted by atomic mass is 32.2. The van der Waals surface area contributed by atoms with Crippen molar-refractivity contribution in [3.05, 3.63) is 10.9 Å². The molecule has 7 heteroatoms. The fourth-order valence-corrected chi connectivity index (χ4v) is 3.27. The predicted molar refractivity (Wildman–Crippen MR) is 93.0 cm³/mol. The monoisotopic (exact) mass is 326 g/mol. The standard InChI is InChI=1S/C14H22N4OS2/c1-4-6-16-14-17-12(15-7-8-21(3)19)11-9-10(5-2)20-13(11)18-14/h9H,4-8H2,1-3H3,(H2,15,16,17,18). The average Bonchev–Trinajstić information content (AvgIpc) is 2.88. The second kappa shape index (κ2) is 7.70. The number of fused-ring (bicyclic) bond motifs is 1. The van der Waals surface area contributed by atoms with Crippen LogP contribution in [0.1, 0.15) is 25.1 Å². The van der Waals surface area contributed by atoms with Gasteiger partial charge in [0.15, 0.2) is 0 Å². The molecule has 0 aliphatic heterocycles. The Bertz CT molecular complexity index is 627. The molecule has 0 radical (unpaired) electrons. The molecule has 1 atom stereocenters. The van der Waals surface area contributed by atoms with Crippen molar-refractivity contribution >= 4 is 44.1 Å². The molecule has 0 aliphatic carbocycles. The van der Waals surface area contributed by atoms with E-state index in [9.17, 15) is 4.21 Å². The number of aryl methyl sites for hydroxylation is 1. The number of nitrogens with one attached hydrogen (secondary N) is 2. The summed E-state index contributed by atoms with van der Waals surface area (Å²) in [6.45, 7) is 5.76. The molecule has 1 unspecified atom stereocenters. The summed E-state index contributed by atoms with van der Waals surface area (Å²) in [4.78, 5) is 11.4. The van der Waals surface area contributed by atoms with Crippen LogP contribution in [0.2, 0.25) is 0 Å². The molecule has 21 heavy (non-hydrogen) atoms. The lowest BCUT2D eigenvalue weighted by Crippen LogP contribution is -2.12. The predicted octanol–water partition coefficient (Wildman–Crippen LogP) is 2.87. The first-order valence-electron chi connectivity index (χ1n) is 7.22. The van der Waals surface area contributed by atoms with Crippen molar-refractivity contribution in [2.75, 3.05) is 35.7 Å². The Balaban J connectivity index is 2.28. The topological polar surface area (TPSA) is 66.9 Å². The maximum atomic E-state index is 11.2. The molecular weight excluding hydrogens is 304 g/mol. The maximum absolute atomic E-state index is 11.2. The van der Waals surface area contributed by atoms with Gasteiger partial charge in [0.1, 0.15) is 10.6 Å². The van der Waals surface area contributed by atoms with Crippen LogP contribution in [-0.4, -0.2) is 39.3 Å². The first-order chi connectivity index (χ1) is 10.1. The van der Waals surface area contributed by atoms with Gasteiger partial charge in [-0.25, -0.2) is 4.98 Å². The number of rotatable bonds is 8. The minimum absolute atomic E-state index is 0.619. The molecular formula is C14H22N4OS2. The summed E-state index contributed by atoms with van der Waals surface area (Å²) in [5.41, 5.74) is 0. The SMILES string of the molecule is CCCNc1nc(NCCS(C)=O)c2cc(CC)sc2n1. The molecule has 116 valence electrons. The fraction of sp³-hybridized carbons (Fsp3) is 0.571. The fourth-order valence-electron chi connectivity index (χ4n) is 1.91. The van der Waals surface area contributed by atoms with Crippen LogP contribution in [0, 0.1) is 0 Å². The first kappa shape index (κ1) is 16.2. The van der Waals surface area contributed by atoms with Crippen LogP contribution < -0.4 is 10.6 Å². The van der Waals surface area contributed by atoms with E-state index >= 15 is 0 Å². The highest BCUT2D eigenvalue weighted by molar-refractivity contribution is 7.84. The first-order valence-corrected chi connectivity index (χ1v) is 9.76. The van der Waals surface area contributed by atoms with E-state index < -0.39 is 10.8 Å². The Hall–Kier alpha value is -1.21. The van der Waals surface area contributed by atoms with Gasteiger partial charge in [0, 0.05) is 40.8 Å². The Morgan fingerprint density at radius 1 is 1.24 bits per heavy atom. The second-order valence-corrected chi connectivity index (χ2v) is 7.48. The summed E-state index contributed by atoms with van der Waals surface area (Å²) in [6.07, 6.45) is 3.74. The van der Waals surface area contributed by atoms with E-state index in [1.165, 1.54) is 4.88 Å². The minimum Gasteiger partial charge on any atom is -0.368 e. The van der Waals surface area contributed by atoms with Gasteiger partial charge < -0.3 is 10.6 Å². The third-order valence-corrected chi connectivity index (χ3v) is 4.96. The summed E-state index contributed by atoms with van der Waals surface area (Å²) < 4.78 is 11.2. The van der Waals surface area contributed by atoms with Crippen LogP contribution in [-0.2, 0) is 17.2 Å². The van der Waals surface area contributed by atoms with E-state index in [0.29, 0.717) is 18.2 Å². The smallest absolute Gasteiger partial charge is 0.226 e. The van der Waals surface area contributed by atoms with E-state index in [2.05, 4.69) is 40.5 Å².